The number of carbonyl (C=O) groups excluding carboxylic acids is 2. The van der Waals surface area contributed by atoms with Crippen LogP contribution in [0, 0.1) is 0 Å². The van der Waals surface area contributed by atoms with Crippen LogP contribution in [0.5, 0.6) is 0 Å². The summed E-state index contributed by atoms with van der Waals surface area (Å²) >= 11 is 0. The number of carbonyl (C=O) groups is 3. The second-order valence-corrected chi connectivity index (χ2v) is 3.70. The molecule has 0 heterocycles. The van der Waals surface area contributed by atoms with Crippen LogP contribution in [0.2, 0.25) is 0 Å². The Labute approximate surface area is 109 Å². The first-order valence-corrected chi connectivity index (χ1v) is 5.50. The molecule has 0 saturated heterocycles. The van der Waals surface area contributed by atoms with Crippen LogP contribution >= 0.6 is 0 Å². The van der Waals surface area contributed by atoms with E-state index in [9.17, 15) is 19.5 Å². The predicted octanol–water partition coefficient (Wildman–Crippen LogP) is -0.963. The van der Waals surface area contributed by atoms with Crippen LogP contribution in [0.4, 0.5) is 0 Å². The van der Waals surface area contributed by atoms with Crippen molar-refractivity contribution in [3.05, 3.63) is 35.9 Å². The van der Waals surface area contributed by atoms with Gasteiger partial charge in [-0.2, -0.15) is 0 Å². The zero-order valence-electron chi connectivity index (χ0n) is 10.00. The molecule has 0 aliphatic rings. The molecule has 4 N–H and O–H groups in total. The Hall–Kier alpha value is -2.41. The van der Waals surface area contributed by atoms with Crippen LogP contribution in [0.3, 0.4) is 0 Å². The van der Waals surface area contributed by atoms with Crippen molar-refractivity contribution < 1.29 is 24.6 Å². The second kappa shape index (κ2) is 7.12. The largest absolute Gasteiger partial charge is 0.480 e. The van der Waals surface area contributed by atoms with E-state index in [1.54, 1.807) is 30.3 Å². The van der Waals surface area contributed by atoms with E-state index in [1.807, 2.05) is 0 Å². The highest BCUT2D eigenvalue weighted by Crippen LogP contribution is 2.11. The maximum Gasteiger partial charge on any atom is 0.322 e. The van der Waals surface area contributed by atoms with Gasteiger partial charge in [-0.05, 0) is 5.56 Å². The molecule has 19 heavy (non-hydrogen) atoms. The highest BCUT2D eigenvalue weighted by molar-refractivity contribution is 5.88. The smallest absolute Gasteiger partial charge is 0.322 e. The summed E-state index contributed by atoms with van der Waals surface area (Å²) in [5.74, 6) is -2.54. The summed E-state index contributed by atoms with van der Waals surface area (Å²) in [6, 6.07) is 8.24. The Bertz CT molecular complexity index is 460. The Balaban J connectivity index is 2.39. The van der Waals surface area contributed by atoms with Gasteiger partial charge in [0.05, 0.1) is 6.54 Å². The number of aliphatic carboxylic acids is 1. The molecule has 0 radical (unpaired) electrons. The molecule has 0 bridgehead atoms. The average molecular weight is 266 g/mol. The standard InChI is InChI=1S/C12H14N2O5/c15-9(13-7-10(16)17)6-14-12(19)11(18)8-4-2-1-3-5-8/h1-5,11,18H,6-7H2,(H,13,15)(H,14,19)(H,16,17). The fourth-order valence-corrected chi connectivity index (χ4v) is 1.29. The molecule has 0 spiro atoms. The third-order valence-corrected chi connectivity index (χ3v) is 2.22. The number of nitrogens with one attached hydrogen (secondary N) is 2. The SMILES string of the molecule is O=C(O)CNC(=O)CNC(=O)C(O)c1ccccc1. The van der Waals surface area contributed by atoms with Crippen LogP contribution in [-0.2, 0) is 14.4 Å². The van der Waals surface area contributed by atoms with Crippen molar-refractivity contribution in [2.45, 2.75) is 6.10 Å². The molecule has 1 aromatic rings. The normalized spacial score (nSPS) is 11.4. The van der Waals surface area contributed by atoms with Gasteiger partial charge >= 0.3 is 5.97 Å². The molecule has 0 aromatic heterocycles. The molecule has 0 aliphatic heterocycles. The summed E-state index contributed by atoms with van der Waals surface area (Å²) in [6.07, 6.45) is -1.37. The van der Waals surface area contributed by atoms with Gasteiger partial charge in [-0.15, -0.1) is 0 Å². The first-order chi connectivity index (χ1) is 9.00. The lowest BCUT2D eigenvalue weighted by Crippen LogP contribution is -2.40. The summed E-state index contributed by atoms with van der Waals surface area (Å²) in [6.45, 7) is -0.911. The molecule has 1 atom stereocenters. The van der Waals surface area contributed by atoms with Gasteiger partial charge in [-0.3, -0.25) is 14.4 Å². The number of hydrogen-bond donors (Lipinski definition) is 4. The lowest BCUT2D eigenvalue weighted by Gasteiger charge is -2.11. The van der Waals surface area contributed by atoms with Crippen LogP contribution in [0.15, 0.2) is 30.3 Å². The molecule has 102 valence electrons. The van der Waals surface area contributed by atoms with Gasteiger partial charge in [0.15, 0.2) is 6.10 Å². The number of aliphatic hydroxyl groups excluding tert-OH is 1. The van der Waals surface area contributed by atoms with E-state index < -0.39 is 37.0 Å². The van der Waals surface area contributed by atoms with Crippen molar-refractivity contribution in [2.24, 2.45) is 0 Å². The molecule has 7 nitrogen and oxygen atoms in total. The topological polar surface area (TPSA) is 116 Å². The van der Waals surface area contributed by atoms with E-state index in [4.69, 9.17) is 5.11 Å². The molecular weight excluding hydrogens is 252 g/mol. The Morgan fingerprint density at radius 3 is 2.26 bits per heavy atom. The maximum absolute atomic E-state index is 11.5. The molecule has 1 rings (SSSR count). The van der Waals surface area contributed by atoms with Gasteiger partial charge in [-0.1, -0.05) is 30.3 Å². The van der Waals surface area contributed by atoms with E-state index in [2.05, 4.69) is 10.6 Å². The lowest BCUT2D eigenvalue weighted by atomic mass is 10.1. The van der Waals surface area contributed by atoms with Crippen LogP contribution in [-0.4, -0.2) is 41.1 Å². The fraction of sp³-hybridized carbons (Fsp3) is 0.250. The van der Waals surface area contributed by atoms with E-state index in [0.717, 1.165) is 0 Å². The van der Waals surface area contributed by atoms with Crippen LogP contribution < -0.4 is 10.6 Å². The van der Waals surface area contributed by atoms with Crippen molar-refractivity contribution in [3.8, 4) is 0 Å². The van der Waals surface area contributed by atoms with Gasteiger partial charge in [0.2, 0.25) is 5.91 Å². The summed E-state index contributed by atoms with van der Waals surface area (Å²) < 4.78 is 0. The summed E-state index contributed by atoms with van der Waals surface area (Å²) in [5, 5.41) is 22.3. The van der Waals surface area contributed by atoms with Gasteiger partial charge < -0.3 is 20.8 Å². The number of aliphatic hydroxyl groups is 1. The molecule has 1 unspecified atom stereocenters. The van der Waals surface area contributed by atoms with E-state index >= 15 is 0 Å². The minimum absolute atomic E-state index is 0.393. The molecule has 1 aromatic carbocycles. The van der Waals surface area contributed by atoms with E-state index in [1.165, 1.54) is 0 Å². The number of benzene rings is 1. The number of amides is 2. The number of rotatable bonds is 6. The predicted molar refractivity (Wildman–Crippen MR) is 65.1 cm³/mol. The van der Waals surface area contributed by atoms with Crippen LogP contribution in [0.1, 0.15) is 11.7 Å². The third kappa shape index (κ3) is 5.17. The number of hydrogen-bond acceptors (Lipinski definition) is 4. The van der Waals surface area contributed by atoms with Crippen molar-refractivity contribution in [3.63, 3.8) is 0 Å². The number of carboxylic acid groups (broad SMARTS) is 1. The quantitative estimate of drug-likeness (QED) is 0.529. The number of carboxylic acids is 1. The molecule has 0 aliphatic carbocycles. The lowest BCUT2D eigenvalue weighted by molar-refractivity contribution is -0.138. The molecule has 2 amide bonds. The summed E-state index contributed by atoms with van der Waals surface area (Å²) in [5.41, 5.74) is 0.408. The zero-order chi connectivity index (χ0) is 14.3. The van der Waals surface area contributed by atoms with Crippen molar-refractivity contribution >= 4 is 17.8 Å². The van der Waals surface area contributed by atoms with Crippen molar-refractivity contribution in [2.75, 3.05) is 13.1 Å². The van der Waals surface area contributed by atoms with Crippen LogP contribution in [0.25, 0.3) is 0 Å². The van der Waals surface area contributed by atoms with E-state index in [-0.39, 0.29) is 0 Å². The zero-order valence-corrected chi connectivity index (χ0v) is 10.00. The Kier molecular flexibility index (Phi) is 5.49. The maximum atomic E-state index is 11.5. The monoisotopic (exact) mass is 266 g/mol. The van der Waals surface area contributed by atoms with Gasteiger partial charge in [0.1, 0.15) is 6.54 Å². The first kappa shape index (κ1) is 14.7. The Morgan fingerprint density at radius 1 is 1.05 bits per heavy atom. The fourth-order valence-electron chi connectivity index (χ4n) is 1.29. The van der Waals surface area contributed by atoms with Gasteiger partial charge in [-0.25, -0.2) is 0 Å². The van der Waals surface area contributed by atoms with Crippen molar-refractivity contribution in [1.82, 2.24) is 10.6 Å². The third-order valence-electron chi connectivity index (χ3n) is 2.22. The van der Waals surface area contributed by atoms with Gasteiger partial charge in [0, 0.05) is 0 Å². The summed E-state index contributed by atoms with van der Waals surface area (Å²) in [7, 11) is 0. The first-order valence-electron chi connectivity index (χ1n) is 5.50. The highest BCUT2D eigenvalue weighted by Gasteiger charge is 2.17. The Morgan fingerprint density at radius 2 is 1.68 bits per heavy atom. The van der Waals surface area contributed by atoms with Gasteiger partial charge in [0.25, 0.3) is 5.91 Å². The highest BCUT2D eigenvalue weighted by atomic mass is 16.4. The molecule has 7 heteroatoms. The molecular formula is C12H14N2O5. The molecule has 0 fully saturated rings. The average Bonchev–Trinajstić information content (AvgIpc) is 2.42. The summed E-state index contributed by atoms with van der Waals surface area (Å²) in [4.78, 5) is 32.9. The minimum Gasteiger partial charge on any atom is -0.480 e. The minimum atomic E-state index is -1.37. The second-order valence-electron chi connectivity index (χ2n) is 3.70. The van der Waals surface area contributed by atoms with E-state index in [0.29, 0.717) is 5.56 Å². The molecule has 0 saturated carbocycles. The van der Waals surface area contributed by atoms with Crippen molar-refractivity contribution in [1.29, 1.82) is 0 Å².